The Morgan fingerprint density at radius 3 is 2.56 bits per heavy atom. The third-order valence-corrected chi connectivity index (χ3v) is 8.16. The van der Waals surface area contributed by atoms with Gasteiger partial charge in [0.15, 0.2) is 0 Å². The number of thiocarbonyl (C=S) groups is 1. The van der Waals surface area contributed by atoms with E-state index in [-0.39, 0.29) is 17.6 Å². The molecule has 2 aromatic heterocycles. The number of aryl methyl sites for hydroxylation is 1. The van der Waals surface area contributed by atoms with Gasteiger partial charge in [-0.05, 0) is 43.5 Å². The number of hydrogen-bond donors (Lipinski definition) is 0. The van der Waals surface area contributed by atoms with Crippen LogP contribution in [0.25, 0.3) is 11.7 Å². The minimum Gasteiger partial charge on any atom is -0.450 e. The molecule has 0 radical (unpaired) electrons. The van der Waals surface area contributed by atoms with Crippen molar-refractivity contribution >= 4 is 57.8 Å². The van der Waals surface area contributed by atoms with Gasteiger partial charge in [0.25, 0.3) is 11.5 Å². The van der Waals surface area contributed by atoms with Crippen LogP contribution in [0, 0.1) is 6.92 Å². The summed E-state index contributed by atoms with van der Waals surface area (Å²) in [7, 11) is 0. The van der Waals surface area contributed by atoms with E-state index in [1.807, 2.05) is 48.2 Å². The highest BCUT2D eigenvalue weighted by Crippen LogP contribution is 2.34. The molecule has 202 valence electrons. The van der Waals surface area contributed by atoms with Gasteiger partial charge in [0.05, 0.1) is 17.1 Å². The second-order valence-electron chi connectivity index (χ2n) is 9.28. The number of thioether (sulfide) groups is 1. The van der Waals surface area contributed by atoms with Crippen LogP contribution in [0.2, 0.25) is 0 Å². The van der Waals surface area contributed by atoms with Crippen LogP contribution in [0.15, 0.2) is 58.4 Å². The number of aromatic nitrogens is 2. The van der Waals surface area contributed by atoms with Crippen molar-refractivity contribution in [3.05, 3.63) is 80.6 Å². The quantitative estimate of drug-likeness (QED) is 0.331. The molecule has 0 spiro atoms. The van der Waals surface area contributed by atoms with Gasteiger partial charge in [0.2, 0.25) is 0 Å². The number of hydrogen-bond acceptors (Lipinski definition) is 8. The Balaban J connectivity index is 1.47. The maximum atomic E-state index is 13.8. The molecule has 9 nitrogen and oxygen atoms in total. The fraction of sp³-hybridized carbons (Fsp3) is 0.321. The molecule has 0 atom stereocenters. The molecule has 4 heterocycles. The summed E-state index contributed by atoms with van der Waals surface area (Å²) in [5, 5.41) is 0. The molecule has 5 rings (SSSR count). The van der Waals surface area contributed by atoms with Crippen LogP contribution in [-0.2, 0) is 16.0 Å². The van der Waals surface area contributed by atoms with Crippen molar-refractivity contribution < 1.29 is 14.3 Å². The number of carbonyl (C=O) groups excluding carboxylic acids is 2. The first-order valence-corrected chi connectivity index (χ1v) is 14.1. The van der Waals surface area contributed by atoms with Crippen LogP contribution >= 0.6 is 24.0 Å². The number of nitrogens with zero attached hydrogens (tertiary/aromatic N) is 5. The smallest absolute Gasteiger partial charge is 0.409 e. The Kier molecular flexibility index (Phi) is 7.99. The second-order valence-corrected chi connectivity index (χ2v) is 11.0. The Hall–Kier alpha value is -3.70. The van der Waals surface area contributed by atoms with E-state index in [2.05, 4.69) is 0 Å². The standard InChI is InChI=1S/C28H29N5O4S2/c1-3-37-27(36)31-16-14-30(15-17-31)24-21(25(34)32-12-7-8-19(2)23(32)29-24)18-22-26(35)33(28(38)39-22)13-11-20-9-5-4-6-10-20/h4-10,12,18H,3,11,13-17H2,1-2H3/b22-18+. The van der Waals surface area contributed by atoms with Crippen LogP contribution in [0.5, 0.6) is 0 Å². The molecule has 3 aromatic rings. The first kappa shape index (κ1) is 26.9. The van der Waals surface area contributed by atoms with E-state index in [9.17, 15) is 14.4 Å². The molecule has 2 saturated heterocycles. The van der Waals surface area contributed by atoms with E-state index < -0.39 is 0 Å². The Labute approximate surface area is 236 Å². The summed E-state index contributed by atoms with van der Waals surface area (Å²) < 4.78 is 7.12. The van der Waals surface area contributed by atoms with Crippen molar-refractivity contribution in [1.82, 2.24) is 19.2 Å². The van der Waals surface area contributed by atoms with Crippen molar-refractivity contribution in [3.63, 3.8) is 0 Å². The number of amides is 2. The van der Waals surface area contributed by atoms with Gasteiger partial charge in [-0.2, -0.15) is 0 Å². The van der Waals surface area contributed by atoms with Gasteiger partial charge in [-0.3, -0.25) is 18.9 Å². The summed E-state index contributed by atoms with van der Waals surface area (Å²) in [5.74, 6) is 0.278. The lowest BCUT2D eigenvalue weighted by molar-refractivity contribution is -0.122. The molecule has 39 heavy (non-hydrogen) atoms. The summed E-state index contributed by atoms with van der Waals surface area (Å²) in [4.78, 5) is 49.9. The van der Waals surface area contributed by atoms with E-state index in [4.69, 9.17) is 21.9 Å². The van der Waals surface area contributed by atoms with E-state index >= 15 is 0 Å². The average Bonchev–Trinajstić information content (AvgIpc) is 3.21. The molecule has 2 aliphatic heterocycles. The number of fused-ring (bicyclic) bond motifs is 1. The van der Waals surface area contributed by atoms with Crippen molar-refractivity contribution in [3.8, 4) is 0 Å². The van der Waals surface area contributed by atoms with Gasteiger partial charge in [-0.1, -0.05) is 60.4 Å². The molecule has 1 aromatic carbocycles. The lowest BCUT2D eigenvalue weighted by Crippen LogP contribution is -2.49. The van der Waals surface area contributed by atoms with Gasteiger partial charge in [0.1, 0.15) is 15.8 Å². The highest BCUT2D eigenvalue weighted by Gasteiger charge is 2.33. The third-order valence-electron chi connectivity index (χ3n) is 6.79. The summed E-state index contributed by atoms with van der Waals surface area (Å²) >= 11 is 6.74. The van der Waals surface area contributed by atoms with Gasteiger partial charge >= 0.3 is 6.09 Å². The van der Waals surface area contributed by atoms with Crippen LogP contribution in [0.1, 0.15) is 23.6 Å². The molecular formula is C28H29N5O4S2. The third kappa shape index (κ3) is 5.55. The number of piperazine rings is 1. The van der Waals surface area contributed by atoms with Crippen molar-refractivity contribution in [2.45, 2.75) is 20.3 Å². The predicted molar refractivity (Wildman–Crippen MR) is 157 cm³/mol. The molecule has 0 bridgehead atoms. The van der Waals surface area contributed by atoms with E-state index in [0.29, 0.717) is 72.0 Å². The molecule has 2 fully saturated rings. The first-order chi connectivity index (χ1) is 18.9. The van der Waals surface area contributed by atoms with E-state index in [0.717, 1.165) is 11.1 Å². The molecule has 0 unspecified atom stereocenters. The lowest BCUT2D eigenvalue weighted by atomic mass is 10.1. The number of rotatable bonds is 6. The topological polar surface area (TPSA) is 87.5 Å². The predicted octanol–water partition coefficient (Wildman–Crippen LogP) is 3.73. The van der Waals surface area contributed by atoms with Gasteiger partial charge in [0, 0.05) is 38.9 Å². The van der Waals surface area contributed by atoms with Gasteiger partial charge in [-0.15, -0.1) is 0 Å². The van der Waals surface area contributed by atoms with Crippen LogP contribution in [0.4, 0.5) is 10.6 Å². The average molecular weight is 564 g/mol. The highest BCUT2D eigenvalue weighted by molar-refractivity contribution is 8.26. The zero-order valence-electron chi connectivity index (χ0n) is 21.8. The number of pyridine rings is 1. The van der Waals surface area contributed by atoms with Crippen molar-refractivity contribution in [2.24, 2.45) is 0 Å². The molecular weight excluding hydrogens is 534 g/mol. The van der Waals surface area contributed by atoms with Crippen LogP contribution in [-0.4, -0.2) is 74.8 Å². The first-order valence-electron chi connectivity index (χ1n) is 12.8. The Bertz CT molecular complexity index is 1510. The maximum Gasteiger partial charge on any atom is 0.409 e. The molecule has 0 aliphatic carbocycles. The number of benzene rings is 1. The highest BCUT2D eigenvalue weighted by atomic mass is 32.2. The monoisotopic (exact) mass is 563 g/mol. The van der Waals surface area contributed by atoms with E-state index in [1.165, 1.54) is 16.2 Å². The van der Waals surface area contributed by atoms with Gasteiger partial charge < -0.3 is 14.5 Å². The molecule has 2 amide bonds. The summed E-state index contributed by atoms with van der Waals surface area (Å²) in [6.45, 7) is 6.29. The van der Waals surface area contributed by atoms with Crippen LogP contribution < -0.4 is 10.5 Å². The summed E-state index contributed by atoms with van der Waals surface area (Å²) in [6, 6.07) is 13.6. The molecule has 2 aliphatic rings. The number of carbonyl (C=O) groups is 2. The molecule has 0 N–H and O–H groups in total. The Morgan fingerprint density at radius 1 is 1.10 bits per heavy atom. The second kappa shape index (κ2) is 11.6. The number of ether oxygens (including phenoxy) is 1. The van der Waals surface area contributed by atoms with E-state index in [1.54, 1.807) is 35.1 Å². The fourth-order valence-corrected chi connectivity index (χ4v) is 5.98. The maximum absolute atomic E-state index is 13.8. The van der Waals surface area contributed by atoms with Crippen molar-refractivity contribution in [2.75, 3.05) is 44.2 Å². The zero-order chi connectivity index (χ0) is 27.5. The summed E-state index contributed by atoms with van der Waals surface area (Å²) in [5.41, 5.74) is 2.59. The largest absolute Gasteiger partial charge is 0.450 e. The minimum absolute atomic E-state index is 0.215. The molecule has 0 saturated carbocycles. The number of anilines is 1. The van der Waals surface area contributed by atoms with Gasteiger partial charge in [-0.25, -0.2) is 9.78 Å². The fourth-order valence-electron chi connectivity index (χ4n) is 4.69. The van der Waals surface area contributed by atoms with Crippen molar-refractivity contribution in [1.29, 1.82) is 0 Å². The minimum atomic E-state index is -0.348. The zero-order valence-corrected chi connectivity index (χ0v) is 23.5. The SMILES string of the molecule is CCOC(=O)N1CCN(c2nc3c(C)cccn3c(=O)c2/C=C2/SC(=S)N(CCc3ccccc3)C2=O)CC1. The Morgan fingerprint density at radius 2 is 1.85 bits per heavy atom. The van der Waals surface area contributed by atoms with Crippen LogP contribution in [0.3, 0.4) is 0 Å². The normalized spacial score (nSPS) is 17.0. The lowest BCUT2D eigenvalue weighted by Gasteiger charge is -2.35. The molecule has 11 heteroatoms. The summed E-state index contributed by atoms with van der Waals surface area (Å²) in [6.07, 6.45) is 3.64.